The van der Waals surface area contributed by atoms with E-state index >= 15 is 0 Å². The summed E-state index contributed by atoms with van der Waals surface area (Å²) in [5.41, 5.74) is 5.75. The Labute approximate surface area is 164 Å². The molecule has 0 unspecified atom stereocenters. The van der Waals surface area contributed by atoms with Crippen LogP contribution in [0.25, 0.3) is 22.5 Å². The van der Waals surface area contributed by atoms with Crippen molar-refractivity contribution in [2.45, 2.75) is 46.1 Å². The first-order chi connectivity index (χ1) is 12.5. The Kier molecular flexibility index (Phi) is 4.76. The van der Waals surface area contributed by atoms with Gasteiger partial charge in [0.1, 0.15) is 5.82 Å². The van der Waals surface area contributed by atoms with E-state index < -0.39 is 0 Å². The Morgan fingerprint density at radius 1 is 0.885 bits per heavy atom. The molecule has 26 heavy (non-hydrogen) atoms. The Morgan fingerprint density at radius 3 is 2.50 bits per heavy atom. The molecule has 4 rings (SSSR count). The lowest BCUT2D eigenvalue weighted by Crippen LogP contribution is -2.04. The highest BCUT2D eigenvalue weighted by Crippen LogP contribution is 2.35. The van der Waals surface area contributed by atoms with Gasteiger partial charge < -0.3 is 4.57 Å². The summed E-state index contributed by atoms with van der Waals surface area (Å²) in [6.07, 6.45) is 4.64. The predicted octanol–water partition coefficient (Wildman–Crippen LogP) is 6.26. The number of rotatable bonds is 2. The van der Waals surface area contributed by atoms with E-state index in [4.69, 9.17) is 23.2 Å². The monoisotopic (exact) mass is 385 g/mol. The quantitative estimate of drug-likeness (QED) is 0.520. The minimum Gasteiger partial charge on any atom is -0.311 e. The van der Waals surface area contributed by atoms with E-state index in [9.17, 15) is 0 Å². The van der Waals surface area contributed by atoms with Crippen LogP contribution in [0.3, 0.4) is 0 Å². The lowest BCUT2D eigenvalue weighted by atomic mass is 9.93. The van der Waals surface area contributed by atoms with E-state index in [1.807, 2.05) is 18.2 Å². The molecular formula is C21H21Cl2N3. The molecule has 2 heterocycles. The summed E-state index contributed by atoms with van der Waals surface area (Å²) in [5, 5.41) is 10.2. The van der Waals surface area contributed by atoms with Crippen LogP contribution in [0.5, 0.6) is 0 Å². The molecule has 0 fully saturated rings. The molecule has 0 aliphatic carbocycles. The van der Waals surface area contributed by atoms with Gasteiger partial charge in [-0.25, -0.2) is 0 Å². The van der Waals surface area contributed by atoms with E-state index in [1.165, 1.54) is 30.4 Å². The van der Waals surface area contributed by atoms with Gasteiger partial charge in [0.25, 0.3) is 0 Å². The fourth-order valence-electron chi connectivity index (χ4n) is 3.74. The minimum atomic E-state index is 0.572. The highest BCUT2D eigenvalue weighted by atomic mass is 35.5. The van der Waals surface area contributed by atoms with Crippen LogP contribution in [0.15, 0.2) is 30.3 Å². The first-order valence-corrected chi connectivity index (χ1v) is 9.79. The summed E-state index contributed by atoms with van der Waals surface area (Å²) >= 11 is 12.3. The maximum atomic E-state index is 6.25. The van der Waals surface area contributed by atoms with Crippen LogP contribution in [0.2, 0.25) is 10.0 Å². The maximum absolute atomic E-state index is 6.25. The third kappa shape index (κ3) is 3.15. The van der Waals surface area contributed by atoms with Crippen molar-refractivity contribution in [1.29, 1.82) is 0 Å². The van der Waals surface area contributed by atoms with Crippen molar-refractivity contribution < 1.29 is 0 Å². The number of hydrogen-bond acceptors (Lipinski definition) is 2. The normalized spacial score (nSPS) is 14.2. The van der Waals surface area contributed by atoms with Crippen LogP contribution in [0, 0.1) is 13.8 Å². The minimum absolute atomic E-state index is 0.572. The molecule has 5 heteroatoms. The molecule has 2 aromatic carbocycles. The van der Waals surface area contributed by atoms with Gasteiger partial charge in [0.2, 0.25) is 0 Å². The van der Waals surface area contributed by atoms with Gasteiger partial charge in [-0.3, -0.25) is 0 Å². The van der Waals surface area contributed by atoms with Crippen molar-refractivity contribution in [2.75, 3.05) is 0 Å². The summed E-state index contributed by atoms with van der Waals surface area (Å²) in [6, 6.07) is 10.2. The molecule has 134 valence electrons. The van der Waals surface area contributed by atoms with Gasteiger partial charge in [0.15, 0.2) is 5.82 Å². The maximum Gasteiger partial charge on any atom is 0.164 e. The van der Waals surface area contributed by atoms with Gasteiger partial charge in [0.05, 0.1) is 10.0 Å². The van der Waals surface area contributed by atoms with Crippen molar-refractivity contribution in [2.24, 2.45) is 0 Å². The second-order valence-corrected chi connectivity index (χ2v) is 7.83. The number of benzene rings is 2. The highest BCUT2D eigenvalue weighted by Gasteiger charge is 2.19. The van der Waals surface area contributed by atoms with Gasteiger partial charge in [-0.2, -0.15) is 0 Å². The van der Waals surface area contributed by atoms with Crippen LogP contribution >= 0.6 is 23.2 Å². The Bertz CT molecular complexity index is 976. The van der Waals surface area contributed by atoms with E-state index in [1.54, 1.807) is 0 Å². The van der Waals surface area contributed by atoms with Crippen LogP contribution in [-0.4, -0.2) is 14.8 Å². The summed E-state index contributed by atoms with van der Waals surface area (Å²) in [4.78, 5) is 0. The molecule has 0 atom stereocenters. The molecule has 3 nitrogen and oxygen atoms in total. The zero-order chi connectivity index (χ0) is 18.3. The molecule has 0 saturated heterocycles. The Balaban J connectivity index is 1.87. The molecular weight excluding hydrogens is 365 g/mol. The first-order valence-electron chi connectivity index (χ1n) is 9.03. The van der Waals surface area contributed by atoms with Gasteiger partial charge >= 0.3 is 0 Å². The van der Waals surface area contributed by atoms with Gasteiger partial charge in [0, 0.05) is 18.5 Å². The number of hydrogen-bond donors (Lipinski definition) is 0. The van der Waals surface area contributed by atoms with Gasteiger partial charge in [-0.1, -0.05) is 41.8 Å². The third-order valence-corrected chi connectivity index (χ3v) is 5.87. The lowest BCUT2D eigenvalue weighted by molar-refractivity contribution is 0.636. The number of nitrogens with zero attached hydrogens (tertiary/aromatic N) is 3. The average Bonchev–Trinajstić information content (AvgIpc) is 2.87. The molecule has 0 amide bonds. The van der Waals surface area contributed by atoms with E-state index in [-0.39, 0.29) is 0 Å². The predicted molar refractivity (Wildman–Crippen MR) is 108 cm³/mol. The Morgan fingerprint density at radius 2 is 1.69 bits per heavy atom. The molecule has 0 N–H and O–H groups in total. The van der Waals surface area contributed by atoms with Gasteiger partial charge in [-0.15, -0.1) is 10.2 Å². The second-order valence-electron chi connectivity index (χ2n) is 7.02. The van der Waals surface area contributed by atoms with E-state index in [0.717, 1.165) is 41.3 Å². The van der Waals surface area contributed by atoms with Crippen molar-refractivity contribution in [3.8, 4) is 22.5 Å². The molecule has 0 radical (unpaired) electrons. The van der Waals surface area contributed by atoms with Crippen LogP contribution < -0.4 is 0 Å². The fraction of sp³-hybridized carbons (Fsp3) is 0.333. The van der Waals surface area contributed by atoms with Crippen molar-refractivity contribution in [3.05, 3.63) is 57.3 Å². The van der Waals surface area contributed by atoms with E-state index in [2.05, 4.69) is 40.7 Å². The van der Waals surface area contributed by atoms with Crippen molar-refractivity contribution in [1.82, 2.24) is 14.8 Å². The molecule has 3 aromatic rings. The zero-order valence-corrected chi connectivity index (χ0v) is 16.5. The first kappa shape index (κ1) is 17.6. The fourth-order valence-corrected chi connectivity index (χ4v) is 4.04. The zero-order valence-electron chi connectivity index (χ0n) is 15.0. The molecule has 1 aliphatic heterocycles. The lowest BCUT2D eigenvalue weighted by Gasteiger charge is -2.15. The van der Waals surface area contributed by atoms with Gasteiger partial charge in [-0.05, 0) is 67.1 Å². The van der Waals surface area contributed by atoms with Crippen molar-refractivity contribution in [3.63, 3.8) is 0 Å². The van der Waals surface area contributed by atoms with Crippen LogP contribution in [-0.2, 0) is 13.0 Å². The highest BCUT2D eigenvalue weighted by molar-refractivity contribution is 6.42. The average molecular weight is 386 g/mol. The molecule has 1 aliphatic rings. The summed E-state index contributed by atoms with van der Waals surface area (Å²) in [6.45, 7) is 5.25. The smallest absolute Gasteiger partial charge is 0.164 e. The molecule has 1 aromatic heterocycles. The molecule has 0 saturated carbocycles. The third-order valence-electron chi connectivity index (χ3n) is 5.13. The molecule has 0 spiro atoms. The van der Waals surface area contributed by atoms with Crippen LogP contribution in [0.1, 0.15) is 36.2 Å². The second kappa shape index (κ2) is 7.05. The van der Waals surface area contributed by atoms with Crippen molar-refractivity contribution >= 4 is 23.2 Å². The molecule has 0 bridgehead atoms. The summed E-state index contributed by atoms with van der Waals surface area (Å²) < 4.78 is 2.30. The SMILES string of the molecule is Cc1cc(-c2ccc(Cl)c(Cl)c2)c(C)c(-c2nnc3n2CCCCC3)c1. The van der Waals surface area contributed by atoms with Crippen LogP contribution in [0.4, 0.5) is 0 Å². The Hall–Kier alpha value is -1.84. The topological polar surface area (TPSA) is 30.7 Å². The summed E-state index contributed by atoms with van der Waals surface area (Å²) in [5.74, 6) is 2.08. The number of aromatic nitrogens is 3. The number of fused-ring (bicyclic) bond motifs is 1. The summed E-state index contributed by atoms with van der Waals surface area (Å²) in [7, 11) is 0. The standard InChI is InChI=1S/C21H21Cl2N3/c1-13-10-16(15-7-8-18(22)19(23)12-15)14(2)17(11-13)21-25-24-20-6-4-3-5-9-26(20)21/h7-8,10-12H,3-6,9H2,1-2H3. The largest absolute Gasteiger partial charge is 0.311 e. The number of halogens is 2. The number of aryl methyl sites for hydroxylation is 2. The van der Waals surface area contributed by atoms with E-state index in [0.29, 0.717) is 10.0 Å².